The van der Waals surface area contributed by atoms with E-state index in [-0.39, 0.29) is 15.9 Å². The van der Waals surface area contributed by atoms with Crippen molar-refractivity contribution in [2.75, 3.05) is 31.9 Å². The summed E-state index contributed by atoms with van der Waals surface area (Å²) in [5.74, 6) is -0.142. The maximum absolute atomic E-state index is 12.8. The number of sulfonamides is 1. The van der Waals surface area contributed by atoms with Crippen molar-refractivity contribution in [3.05, 3.63) is 89.3 Å². The molecule has 13 heteroatoms. The van der Waals surface area contributed by atoms with Crippen LogP contribution in [0.3, 0.4) is 0 Å². The lowest BCUT2D eigenvalue weighted by molar-refractivity contribution is 0.0951. The van der Waals surface area contributed by atoms with E-state index in [9.17, 15) is 13.2 Å². The zero-order chi connectivity index (χ0) is 28.3. The first-order valence-corrected chi connectivity index (χ1v) is 14.9. The van der Waals surface area contributed by atoms with Crippen LogP contribution in [0.4, 0.5) is 5.13 Å². The Hall–Kier alpha value is -3.84. The van der Waals surface area contributed by atoms with Crippen LogP contribution in [-0.4, -0.2) is 65.5 Å². The molecule has 206 valence electrons. The molecule has 5 aromatic rings. The predicted molar refractivity (Wildman–Crippen MR) is 157 cm³/mol. The Balaban J connectivity index is 1.41. The maximum Gasteiger partial charge on any atom is 0.263 e. The topological polar surface area (TPSA) is 122 Å². The normalized spacial score (nSPS) is 11.7. The molecule has 0 saturated carbocycles. The van der Waals surface area contributed by atoms with Gasteiger partial charge in [0, 0.05) is 40.6 Å². The molecule has 0 aliphatic heterocycles. The van der Waals surface area contributed by atoms with Crippen LogP contribution in [0.1, 0.15) is 15.9 Å². The van der Waals surface area contributed by atoms with E-state index < -0.39 is 10.0 Å². The number of amides is 1. The first-order chi connectivity index (χ1) is 19.2. The van der Waals surface area contributed by atoms with Gasteiger partial charge in [-0.1, -0.05) is 29.8 Å². The minimum absolute atomic E-state index is 0.0996. The summed E-state index contributed by atoms with van der Waals surface area (Å²) < 4.78 is 33.6. The molecule has 0 aliphatic rings. The van der Waals surface area contributed by atoms with Crippen molar-refractivity contribution in [1.29, 1.82) is 0 Å². The van der Waals surface area contributed by atoms with Gasteiger partial charge >= 0.3 is 0 Å². The highest BCUT2D eigenvalue weighted by atomic mass is 35.5. The Kier molecular flexibility index (Phi) is 8.12. The Morgan fingerprint density at radius 3 is 2.73 bits per heavy atom. The molecular formula is C27H26ClN7O3S2. The number of hydrogen-bond donors (Lipinski definition) is 2. The largest absolute Gasteiger partial charge is 0.351 e. The molecule has 2 N–H and O–H groups in total. The summed E-state index contributed by atoms with van der Waals surface area (Å²) in [7, 11) is 0.0872. The molecule has 0 atom stereocenters. The van der Waals surface area contributed by atoms with E-state index in [1.54, 1.807) is 29.1 Å². The third kappa shape index (κ3) is 6.31. The summed E-state index contributed by atoms with van der Waals surface area (Å²) in [6, 6.07) is 17.9. The number of carbonyl (C=O) groups is 1. The molecule has 0 bridgehead atoms. The van der Waals surface area contributed by atoms with Crippen LogP contribution >= 0.6 is 23.1 Å². The van der Waals surface area contributed by atoms with Crippen LogP contribution in [-0.2, 0) is 16.6 Å². The van der Waals surface area contributed by atoms with Crippen LogP contribution in [0.25, 0.3) is 22.0 Å². The molecule has 0 fully saturated rings. The molecule has 1 amide bonds. The molecule has 0 spiro atoms. The molecule has 40 heavy (non-hydrogen) atoms. The average molecular weight is 596 g/mol. The first kappa shape index (κ1) is 27.7. The van der Waals surface area contributed by atoms with E-state index in [4.69, 9.17) is 11.6 Å². The minimum atomic E-state index is -3.82. The third-order valence-electron chi connectivity index (χ3n) is 6.18. The van der Waals surface area contributed by atoms with Crippen molar-refractivity contribution >= 4 is 55.1 Å². The fraction of sp³-hybridized carbons (Fsp3) is 0.185. The number of aromatic nitrogens is 4. The molecule has 10 nitrogen and oxygen atoms in total. The lowest BCUT2D eigenvalue weighted by atomic mass is 9.97. The summed E-state index contributed by atoms with van der Waals surface area (Å²) in [4.78, 5) is 18.7. The van der Waals surface area contributed by atoms with Crippen LogP contribution in [0.2, 0.25) is 5.02 Å². The molecule has 2 heterocycles. The SMILES string of the molecule is CN(C)CCNC(=O)c1cccc(-c2cc(Cl)ccc2Cn2ncc3cc(S(=O)(=O)Nc4ncns4)ccc32)c1. The molecule has 0 unspecified atom stereocenters. The Morgan fingerprint density at radius 2 is 1.95 bits per heavy atom. The zero-order valence-electron chi connectivity index (χ0n) is 21.7. The lowest BCUT2D eigenvalue weighted by Crippen LogP contribution is -2.31. The van der Waals surface area contributed by atoms with Crippen LogP contribution in [0, 0.1) is 0 Å². The van der Waals surface area contributed by atoms with E-state index in [2.05, 4.69) is 24.5 Å². The number of rotatable bonds is 10. The van der Waals surface area contributed by atoms with Crippen molar-refractivity contribution < 1.29 is 13.2 Å². The maximum atomic E-state index is 12.8. The van der Waals surface area contributed by atoms with Crippen molar-refractivity contribution in [2.24, 2.45) is 0 Å². The Bertz CT molecular complexity index is 1770. The smallest absolute Gasteiger partial charge is 0.263 e. The predicted octanol–water partition coefficient (Wildman–Crippen LogP) is 4.35. The number of hydrogen-bond acceptors (Lipinski definition) is 8. The van der Waals surface area contributed by atoms with Gasteiger partial charge in [0.1, 0.15) is 6.33 Å². The molecule has 2 aromatic heterocycles. The number of anilines is 1. The second-order valence-electron chi connectivity index (χ2n) is 9.32. The van der Waals surface area contributed by atoms with Gasteiger partial charge in [-0.05, 0) is 73.3 Å². The number of likely N-dealkylation sites (N-methyl/N-ethyl adjacent to an activating group) is 1. The van der Waals surface area contributed by atoms with E-state index in [1.165, 1.54) is 12.4 Å². The lowest BCUT2D eigenvalue weighted by Gasteiger charge is -2.14. The fourth-order valence-electron chi connectivity index (χ4n) is 4.19. The fourth-order valence-corrected chi connectivity index (χ4v) is 6.06. The highest BCUT2D eigenvalue weighted by molar-refractivity contribution is 7.93. The van der Waals surface area contributed by atoms with Gasteiger partial charge in [-0.3, -0.25) is 14.2 Å². The minimum Gasteiger partial charge on any atom is -0.351 e. The summed E-state index contributed by atoms with van der Waals surface area (Å²) >= 11 is 7.34. The van der Waals surface area contributed by atoms with E-state index >= 15 is 0 Å². The van der Waals surface area contributed by atoms with Gasteiger partial charge in [-0.15, -0.1) is 0 Å². The van der Waals surface area contributed by atoms with Crippen LogP contribution < -0.4 is 10.0 Å². The van der Waals surface area contributed by atoms with Gasteiger partial charge in [0.05, 0.1) is 23.2 Å². The van der Waals surface area contributed by atoms with Gasteiger partial charge in [0.15, 0.2) is 0 Å². The average Bonchev–Trinajstić information content (AvgIpc) is 3.58. The standard InChI is InChI=1S/C27H26ClN7O3S2/c1-34(2)11-10-29-26(36)19-5-3-4-18(12-19)24-14-22(28)7-6-20(24)16-35-25-9-8-23(13-21(25)15-31-35)40(37,38)33-27-30-17-32-39-27/h3-9,12-15,17H,10-11,16H2,1-2H3,(H,29,36)(H,30,32,33). The number of fused-ring (bicyclic) bond motifs is 1. The van der Waals surface area contributed by atoms with Crippen molar-refractivity contribution in [2.45, 2.75) is 11.4 Å². The molecule has 0 radical (unpaired) electrons. The highest BCUT2D eigenvalue weighted by Crippen LogP contribution is 2.30. The van der Waals surface area contributed by atoms with Gasteiger partial charge < -0.3 is 10.2 Å². The van der Waals surface area contributed by atoms with Crippen molar-refractivity contribution in [3.63, 3.8) is 0 Å². The third-order valence-corrected chi connectivity index (χ3v) is 8.46. The van der Waals surface area contributed by atoms with Gasteiger partial charge in [0.2, 0.25) is 5.13 Å². The summed E-state index contributed by atoms with van der Waals surface area (Å²) in [6.45, 7) is 1.70. The first-order valence-electron chi connectivity index (χ1n) is 12.3. The number of benzene rings is 3. The summed E-state index contributed by atoms with van der Waals surface area (Å²) in [5, 5.41) is 8.91. The highest BCUT2D eigenvalue weighted by Gasteiger charge is 2.18. The monoisotopic (exact) mass is 595 g/mol. The molecule has 0 aliphatic carbocycles. The van der Waals surface area contributed by atoms with Crippen LogP contribution in [0.5, 0.6) is 0 Å². The summed E-state index contributed by atoms with van der Waals surface area (Å²) in [5.41, 5.74) is 3.99. The molecule has 0 saturated heterocycles. The zero-order valence-corrected chi connectivity index (χ0v) is 24.1. The Morgan fingerprint density at radius 1 is 1.10 bits per heavy atom. The second-order valence-corrected chi connectivity index (χ2v) is 12.2. The van der Waals surface area contributed by atoms with Crippen molar-refractivity contribution in [3.8, 4) is 11.1 Å². The molecular weight excluding hydrogens is 570 g/mol. The van der Waals surface area contributed by atoms with Gasteiger partial charge in [-0.25, -0.2) is 13.4 Å². The second kappa shape index (κ2) is 11.7. The van der Waals surface area contributed by atoms with Crippen molar-refractivity contribution in [1.82, 2.24) is 29.4 Å². The number of nitrogens with one attached hydrogen (secondary N) is 2. The molecule has 3 aromatic carbocycles. The van der Waals surface area contributed by atoms with E-state index in [1.807, 2.05) is 55.4 Å². The quantitative estimate of drug-likeness (QED) is 0.246. The Labute approximate surface area is 240 Å². The van der Waals surface area contributed by atoms with E-state index in [0.29, 0.717) is 29.1 Å². The van der Waals surface area contributed by atoms with Gasteiger partial charge in [-0.2, -0.15) is 9.47 Å². The van der Waals surface area contributed by atoms with Gasteiger partial charge in [0.25, 0.3) is 15.9 Å². The van der Waals surface area contributed by atoms with E-state index in [0.717, 1.165) is 40.3 Å². The number of halogens is 1. The van der Waals surface area contributed by atoms with Crippen LogP contribution in [0.15, 0.2) is 78.1 Å². The molecule has 5 rings (SSSR count). The summed E-state index contributed by atoms with van der Waals surface area (Å²) in [6.07, 6.45) is 2.92. The number of carbonyl (C=O) groups excluding carboxylic acids is 1. The number of nitrogens with zero attached hydrogens (tertiary/aromatic N) is 5.